The number of ether oxygens (including phenoxy) is 2. The number of nitrogens with zero attached hydrogens (tertiary/aromatic N) is 1. The first-order valence-corrected chi connectivity index (χ1v) is 11.5. The monoisotopic (exact) mass is 471 g/mol. The molecule has 0 aliphatic carbocycles. The maximum Gasteiger partial charge on any atom is 0.300 e. The average Bonchev–Trinajstić information content (AvgIpc) is 3.10. The van der Waals surface area contributed by atoms with E-state index < -0.39 is 17.7 Å². The van der Waals surface area contributed by atoms with Gasteiger partial charge in [-0.05, 0) is 69.2 Å². The van der Waals surface area contributed by atoms with Crippen molar-refractivity contribution < 1.29 is 24.2 Å². The quantitative estimate of drug-likeness (QED) is 0.282. The molecule has 1 aliphatic rings. The van der Waals surface area contributed by atoms with Gasteiger partial charge in [0.1, 0.15) is 17.3 Å². The van der Waals surface area contributed by atoms with Crippen molar-refractivity contribution >= 4 is 23.1 Å². The van der Waals surface area contributed by atoms with Gasteiger partial charge in [-0.1, -0.05) is 36.4 Å². The molecule has 0 saturated carbocycles. The number of aliphatic hydroxyl groups excluding tert-OH is 1. The van der Waals surface area contributed by atoms with Gasteiger partial charge in [0, 0.05) is 16.8 Å². The Hall–Kier alpha value is -4.06. The van der Waals surface area contributed by atoms with Gasteiger partial charge >= 0.3 is 0 Å². The number of benzene rings is 3. The van der Waals surface area contributed by atoms with E-state index >= 15 is 0 Å². The van der Waals surface area contributed by atoms with E-state index in [4.69, 9.17) is 9.47 Å². The number of hydrogen-bond acceptors (Lipinski definition) is 5. The lowest BCUT2D eigenvalue weighted by Crippen LogP contribution is -2.30. The molecule has 1 amide bonds. The van der Waals surface area contributed by atoms with Crippen LogP contribution in [-0.4, -0.2) is 30.0 Å². The van der Waals surface area contributed by atoms with E-state index in [9.17, 15) is 14.7 Å². The van der Waals surface area contributed by atoms with Crippen LogP contribution in [0, 0.1) is 13.8 Å². The molecule has 0 radical (unpaired) electrons. The number of para-hydroxylation sites is 2. The lowest BCUT2D eigenvalue weighted by Gasteiger charge is -2.27. The third-order valence-corrected chi connectivity index (χ3v) is 6.06. The normalized spacial score (nSPS) is 17.2. The largest absolute Gasteiger partial charge is 0.507 e. The topological polar surface area (TPSA) is 76.1 Å². The van der Waals surface area contributed by atoms with Gasteiger partial charge in [-0.3, -0.25) is 14.5 Å². The Balaban J connectivity index is 1.95. The fourth-order valence-electron chi connectivity index (χ4n) is 4.44. The van der Waals surface area contributed by atoms with E-state index in [1.165, 1.54) is 12.0 Å². The summed E-state index contributed by atoms with van der Waals surface area (Å²) < 4.78 is 11.4. The van der Waals surface area contributed by atoms with Crippen LogP contribution >= 0.6 is 0 Å². The highest BCUT2D eigenvalue weighted by Gasteiger charge is 2.48. The third kappa shape index (κ3) is 4.39. The van der Waals surface area contributed by atoms with Gasteiger partial charge in [-0.15, -0.1) is 0 Å². The van der Waals surface area contributed by atoms with Crippen LogP contribution in [0.25, 0.3) is 5.76 Å². The standard InChI is InChI=1S/C29H29NO5/c1-17(2)35-23-15-14-20(16-19(23)4)27(31)25-26(21-11-7-9-13-24(21)34-5)30(29(33)28(25)32)22-12-8-6-10-18(22)3/h6-17,26,31H,1-5H3/b27-25+. The number of ketones is 1. The van der Waals surface area contributed by atoms with Crippen LogP contribution < -0.4 is 14.4 Å². The fourth-order valence-corrected chi connectivity index (χ4v) is 4.44. The van der Waals surface area contributed by atoms with Crippen LogP contribution in [0.1, 0.15) is 42.1 Å². The second kappa shape index (κ2) is 9.66. The molecule has 0 bridgehead atoms. The summed E-state index contributed by atoms with van der Waals surface area (Å²) >= 11 is 0. The number of carbonyl (C=O) groups excluding carboxylic acids is 2. The summed E-state index contributed by atoms with van der Waals surface area (Å²) in [6.45, 7) is 7.63. The number of Topliss-reactive ketones (excluding diaryl/α,β-unsaturated/α-hetero) is 1. The number of amides is 1. The van der Waals surface area contributed by atoms with Gasteiger partial charge in [-0.2, -0.15) is 0 Å². The fraction of sp³-hybridized carbons (Fsp3) is 0.241. The summed E-state index contributed by atoms with van der Waals surface area (Å²) in [7, 11) is 1.54. The second-order valence-corrected chi connectivity index (χ2v) is 8.84. The number of aryl methyl sites for hydroxylation is 2. The molecule has 1 unspecified atom stereocenters. The molecule has 0 spiro atoms. The number of rotatable bonds is 6. The van der Waals surface area contributed by atoms with E-state index in [1.54, 1.807) is 36.4 Å². The summed E-state index contributed by atoms with van der Waals surface area (Å²) in [5.41, 5.74) is 3.29. The van der Waals surface area contributed by atoms with Crippen LogP contribution in [-0.2, 0) is 9.59 Å². The van der Waals surface area contributed by atoms with Crippen LogP contribution in [0.15, 0.2) is 72.3 Å². The van der Waals surface area contributed by atoms with E-state index in [0.717, 1.165) is 11.1 Å². The van der Waals surface area contributed by atoms with Gasteiger partial charge in [0.15, 0.2) is 0 Å². The van der Waals surface area contributed by atoms with Gasteiger partial charge in [-0.25, -0.2) is 0 Å². The number of aliphatic hydroxyl groups is 1. The zero-order chi connectivity index (χ0) is 25.3. The zero-order valence-electron chi connectivity index (χ0n) is 20.5. The molecule has 3 aromatic carbocycles. The Labute approximate surface area is 205 Å². The minimum Gasteiger partial charge on any atom is -0.507 e. The van der Waals surface area contributed by atoms with Crippen molar-refractivity contribution in [2.24, 2.45) is 0 Å². The third-order valence-electron chi connectivity index (χ3n) is 6.06. The average molecular weight is 472 g/mol. The van der Waals surface area contributed by atoms with E-state index in [0.29, 0.717) is 28.3 Å². The molecule has 1 N–H and O–H groups in total. The summed E-state index contributed by atoms with van der Waals surface area (Å²) in [4.78, 5) is 28.3. The first-order valence-electron chi connectivity index (χ1n) is 11.5. The summed E-state index contributed by atoms with van der Waals surface area (Å²) in [5.74, 6) is -0.483. The molecular weight excluding hydrogens is 442 g/mol. The molecule has 6 nitrogen and oxygen atoms in total. The lowest BCUT2D eigenvalue weighted by molar-refractivity contribution is -0.132. The van der Waals surface area contributed by atoms with Crippen LogP contribution in [0.3, 0.4) is 0 Å². The van der Waals surface area contributed by atoms with Gasteiger partial charge in [0.05, 0.1) is 24.8 Å². The van der Waals surface area contributed by atoms with Crippen molar-refractivity contribution in [3.05, 3.63) is 94.6 Å². The predicted molar refractivity (Wildman–Crippen MR) is 136 cm³/mol. The van der Waals surface area contributed by atoms with Gasteiger partial charge in [0.2, 0.25) is 0 Å². The summed E-state index contributed by atoms with van der Waals surface area (Å²) in [6.07, 6.45) is -0.00173. The Morgan fingerprint density at radius 3 is 2.26 bits per heavy atom. The Morgan fingerprint density at radius 1 is 0.914 bits per heavy atom. The molecule has 1 fully saturated rings. The summed E-state index contributed by atoms with van der Waals surface area (Å²) in [5, 5.41) is 11.4. The highest BCUT2D eigenvalue weighted by molar-refractivity contribution is 6.51. The maximum atomic E-state index is 13.4. The van der Waals surface area contributed by atoms with Gasteiger partial charge in [0.25, 0.3) is 11.7 Å². The number of hydrogen-bond donors (Lipinski definition) is 1. The molecule has 6 heteroatoms. The molecular formula is C29H29NO5. The maximum absolute atomic E-state index is 13.4. The Morgan fingerprint density at radius 2 is 1.60 bits per heavy atom. The predicted octanol–water partition coefficient (Wildman–Crippen LogP) is 5.73. The molecule has 35 heavy (non-hydrogen) atoms. The molecule has 180 valence electrons. The summed E-state index contributed by atoms with van der Waals surface area (Å²) in [6, 6.07) is 18.9. The molecule has 1 saturated heterocycles. The number of carbonyl (C=O) groups is 2. The first-order chi connectivity index (χ1) is 16.7. The van der Waals surface area contributed by atoms with Crippen LogP contribution in [0.5, 0.6) is 11.5 Å². The van der Waals surface area contributed by atoms with Crippen molar-refractivity contribution in [3.8, 4) is 11.5 Å². The molecule has 0 aromatic heterocycles. The molecule has 1 aliphatic heterocycles. The van der Waals surface area contributed by atoms with E-state index in [1.807, 2.05) is 58.0 Å². The lowest BCUT2D eigenvalue weighted by atomic mass is 9.93. The second-order valence-electron chi connectivity index (χ2n) is 8.84. The van der Waals surface area contributed by atoms with E-state index in [-0.39, 0.29) is 17.4 Å². The number of anilines is 1. The van der Waals surface area contributed by atoms with Crippen LogP contribution in [0.4, 0.5) is 5.69 Å². The minimum atomic E-state index is -0.862. The molecule has 4 rings (SSSR count). The van der Waals surface area contributed by atoms with Crippen LogP contribution in [0.2, 0.25) is 0 Å². The van der Waals surface area contributed by atoms with Crippen molar-refractivity contribution in [2.45, 2.75) is 39.8 Å². The Bertz CT molecular complexity index is 1320. The molecule has 1 heterocycles. The van der Waals surface area contributed by atoms with Crippen molar-refractivity contribution in [1.82, 2.24) is 0 Å². The SMILES string of the molecule is COc1ccccc1C1/C(=C(\O)c2ccc(OC(C)C)c(C)c2)C(=O)C(=O)N1c1ccccc1C. The molecule has 3 aromatic rings. The Kier molecular flexibility index (Phi) is 6.65. The van der Waals surface area contributed by atoms with Crippen molar-refractivity contribution in [1.29, 1.82) is 0 Å². The van der Waals surface area contributed by atoms with Crippen molar-refractivity contribution in [3.63, 3.8) is 0 Å². The highest BCUT2D eigenvalue weighted by Crippen LogP contribution is 2.45. The smallest absolute Gasteiger partial charge is 0.300 e. The minimum absolute atomic E-state index is 0.00173. The molecule has 1 atom stereocenters. The first kappa shape index (κ1) is 24.1. The highest BCUT2D eigenvalue weighted by atomic mass is 16.5. The zero-order valence-corrected chi connectivity index (χ0v) is 20.5. The van der Waals surface area contributed by atoms with Gasteiger partial charge < -0.3 is 14.6 Å². The number of methoxy groups -OCH3 is 1. The van der Waals surface area contributed by atoms with E-state index in [2.05, 4.69) is 0 Å². The van der Waals surface area contributed by atoms with Crippen molar-refractivity contribution in [2.75, 3.05) is 12.0 Å².